The van der Waals surface area contributed by atoms with E-state index in [1.807, 2.05) is 0 Å². The van der Waals surface area contributed by atoms with Gasteiger partial charge in [-0.2, -0.15) is 0 Å². The van der Waals surface area contributed by atoms with Crippen molar-refractivity contribution in [3.63, 3.8) is 0 Å². The Morgan fingerprint density at radius 2 is 0.694 bits per heavy atom. The second-order valence-corrected chi connectivity index (χ2v) is 12.4. The molecule has 216 valence electrons. The molecule has 4 unspecified atom stereocenters. The minimum atomic E-state index is 0.366. The first kappa shape index (κ1) is 33.9. The average Bonchev–Trinajstić information content (AvgIpc) is 2.89. The van der Waals surface area contributed by atoms with Crippen LogP contribution in [0, 0.1) is 23.7 Å². The Morgan fingerprint density at radius 1 is 0.389 bits per heavy atom. The highest BCUT2D eigenvalue weighted by atomic mass is 16.3. The molecule has 0 amide bonds. The zero-order valence-corrected chi connectivity index (χ0v) is 25.0. The van der Waals surface area contributed by atoms with Gasteiger partial charge in [-0.1, -0.05) is 142 Å². The van der Waals surface area contributed by atoms with E-state index in [-0.39, 0.29) is 0 Å². The number of aliphatic hydroxyl groups excluding tert-OH is 2. The van der Waals surface area contributed by atoms with Crippen molar-refractivity contribution in [2.75, 3.05) is 13.2 Å². The monoisotopic (exact) mass is 509 g/mol. The van der Waals surface area contributed by atoms with Gasteiger partial charge in [0.15, 0.2) is 0 Å². The largest absolute Gasteiger partial charge is 0.396 e. The molecular weight excluding hydrogens is 440 g/mol. The van der Waals surface area contributed by atoms with Crippen LogP contribution in [-0.4, -0.2) is 23.4 Å². The summed E-state index contributed by atoms with van der Waals surface area (Å²) in [5.41, 5.74) is 0. The van der Waals surface area contributed by atoms with Crippen LogP contribution in [0.1, 0.15) is 181 Å². The summed E-state index contributed by atoms with van der Waals surface area (Å²) < 4.78 is 0. The van der Waals surface area contributed by atoms with Crippen LogP contribution in [-0.2, 0) is 0 Å². The van der Waals surface area contributed by atoms with Gasteiger partial charge in [-0.15, -0.1) is 0 Å². The zero-order chi connectivity index (χ0) is 26.1. The first-order chi connectivity index (χ1) is 17.8. The molecule has 0 spiro atoms. The van der Waals surface area contributed by atoms with Crippen molar-refractivity contribution in [3.8, 4) is 0 Å². The van der Waals surface area contributed by atoms with E-state index in [0.717, 1.165) is 36.5 Å². The molecule has 0 aromatic rings. The van der Waals surface area contributed by atoms with Crippen molar-refractivity contribution < 1.29 is 10.2 Å². The van der Waals surface area contributed by atoms with E-state index in [4.69, 9.17) is 10.2 Å². The van der Waals surface area contributed by atoms with Crippen LogP contribution in [0.3, 0.4) is 0 Å². The molecule has 2 nitrogen and oxygen atoms in total. The first-order valence-electron chi connectivity index (χ1n) is 17.0. The lowest BCUT2D eigenvalue weighted by atomic mass is 9.61. The van der Waals surface area contributed by atoms with Crippen LogP contribution in [0.25, 0.3) is 0 Å². The van der Waals surface area contributed by atoms with Gasteiger partial charge >= 0.3 is 0 Å². The van der Waals surface area contributed by atoms with E-state index in [1.54, 1.807) is 0 Å². The highest BCUT2D eigenvalue weighted by molar-refractivity contribution is 4.88. The molecule has 0 aromatic carbocycles. The van der Waals surface area contributed by atoms with Crippen molar-refractivity contribution in [2.45, 2.75) is 181 Å². The summed E-state index contributed by atoms with van der Waals surface area (Å²) in [5.74, 6) is 3.98. The van der Waals surface area contributed by atoms with Crippen molar-refractivity contribution in [3.05, 3.63) is 0 Å². The fourth-order valence-electron chi connectivity index (χ4n) is 7.24. The Bertz CT molecular complexity index is 437. The average molecular weight is 509 g/mol. The van der Waals surface area contributed by atoms with Gasteiger partial charge in [0.1, 0.15) is 0 Å². The lowest BCUT2D eigenvalue weighted by Crippen LogP contribution is -2.35. The Hall–Kier alpha value is -0.0800. The van der Waals surface area contributed by atoms with E-state index >= 15 is 0 Å². The molecule has 1 aliphatic rings. The van der Waals surface area contributed by atoms with Gasteiger partial charge in [0, 0.05) is 13.2 Å². The lowest BCUT2D eigenvalue weighted by molar-refractivity contribution is 0.0581. The van der Waals surface area contributed by atoms with Gasteiger partial charge in [-0.3, -0.25) is 0 Å². The standard InChI is InChI=1S/C34H68O2/c1-3-5-7-12-19-25-33-31(23-17-6-4-2)27-28-32(24-18-13-8-10-15-21-29-35)34(33)26-20-14-9-11-16-22-30-36/h31-36H,3-30H2,1-2H3. The van der Waals surface area contributed by atoms with Gasteiger partial charge in [-0.25, -0.2) is 0 Å². The summed E-state index contributed by atoms with van der Waals surface area (Å²) in [7, 11) is 0. The normalized spacial score (nSPS) is 22.3. The van der Waals surface area contributed by atoms with Gasteiger partial charge in [0.2, 0.25) is 0 Å². The Labute approximate surface area is 227 Å². The van der Waals surface area contributed by atoms with Crippen LogP contribution >= 0.6 is 0 Å². The molecule has 0 aliphatic heterocycles. The van der Waals surface area contributed by atoms with Gasteiger partial charge in [0.25, 0.3) is 0 Å². The smallest absolute Gasteiger partial charge is 0.0431 e. The van der Waals surface area contributed by atoms with Gasteiger partial charge in [0.05, 0.1) is 0 Å². The van der Waals surface area contributed by atoms with Crippen LogP contribution in [0.2, 0.25) is 0 Å². The zero-order valence-electron chi connectivity index (χ0n) is 25.0. The third kappa shape index (κ3) is 16.7. The van der Waals surface area contributed by atoms with E-state index < -0.39 is 0 Å². The number of aliphatic hydroxyl groups is 2. The first-order valence-corrected chi connectivity index (χ1v) is 17.0. The molecule has 0 radical (unpaired) electrons. The maximum Gasteiger partial charge on any atom is 0.0431 e. The Balaban J connectivity index is 2.67. The number of rotatable bonds is 26. The molecule has 0 bridgehead atoms. The van der Waals surface area contributed by atoms with Gasteiger partial charge in [-0.05, 0) is 62.2 Å². The summed E-state index contributed by atoms with van der Waals surface area (Å²) in [6.45, 7) is 5.42. The molecular formula is C34H68O2. The number of hydrogen-bond donors (Lipinski definition) is 2. The van der Waals surface area contributed by atoms with E-state index in [9.17, 15) is 0 Å². The predicted octanol–water partition coefficient (Wildman–Crippen LogP) is 10.6. The van der Waals surface area contributed by atoms with Crippen molar-refractivity contribution in [1.82, 2.24) is 0 Å². The lowest BCUT2D eigenvalue weighted by Gasteiger charge is -2.44. The van der Waals surface area contributed by atoms with Crippen molar-refractivity contribution in [2.24, 2.45) is 23.7 Å². The Morgan fingerprint density at radius 3 is 1.11 bits per heavy atom. The SMILES string of the molecule is CCCCCCCC1C(CCCCC)CCC(CCCCCCCCO)C1CCCCCCCCO. The third-order valence-electron chi connectivity index (χ3n) is 9.42. The van der Waals surface area contributed by atoms with E-state index in [1.165, 1.54) is 154 Å². The molecule has 0 saturated heterocycles. The molecule has 1 aliphatic carbocycles. The minimum Gasteiger partial charge on any atom is -0.396 e. The fraction of sp³-hybridized carbons (Fsp3) is 1.00. The van der Waals surface area contributed by atoms with Crippen molar-refractivity contribution in [1.29, 1.82) is 0 Å². The summed E-state index contributed by atoms with van der Waals surface area (Å²) in [5, 5.41) is 18.1. The fourth-order valence-corrected chi connectivity index (χ4v) is 7.24. The van der Waals surface area contributed by atoms with Crippen molar-refractivity contribution >= 4 is 0 Å². The minimum absolute atomic E-state index is 0.366. The topological polar surface area (TPSA) is 40.5 Å². The maximum atomic E-state index is 9.05. The second kappa shape index (κ2) is 25.2. The molecule has 2 N–H and O–H groups in total. The summed E-state index contributed by atoms with van der Waals surface area (Å²) >= 11 is 0. The van der Waals surface area contributed by atoms with Crippen LogP contribution in [0.5, 0.6) is 0 Å². The third-order valence-corrected chi connectivity index (χ3v) is 9.42. The number of hydrogen-bond acceptors (Lipinski definition) is 2. The molecule has 2 heteroatoms. The quantitative estimate of drug-likeness (QED) is 0.114. The molecule has 1 rings (SSSR count). The molecule has 4 atom stereocenters. The number of unbranched alkanes of at least 4 members (excludes halogenated alkanes) is 16. The van der Waals surface area contributed by atoms with Crippen LogP contribution in [0.4, 0.5) is 0 Å². The van der Waals surface area contributed by atoms with E-state index in [0.29, 0.717) is 13.2 Å². The van der Waals surface area contributed by atoms with E-state index in [2.05, 4.69) is 13.8 Å². The molecule has 1 saturated carbocycles. The summed E-state index contributed by atoms with van der Waals surface area (Å²) in [6.07, 6.45) is 35.9. The van der Waals surface area contributed by atoms with Crippen LogP contribution < -0.4 is 0 Å². The highest BCUT2D eigenvalue weighted by Crippen LogP contribution is 2.47. The van der Waals surface area contributed by atoms with Crippen LogP contribution in [0.15, 0.2) is 0 Å². The molecule has 36 heavy (non-hydrogen) atoms. The molecule has 0 heterocycles. The highest BCUT2D eigenvalue weighted by Gasteiger charge is 2.37. The predicted molar refractivity (Wildman–Crippen MR) is 160 cm³/mol. The summed E-state index contributed by atoms with van der Waals surface area (Å²) in [4.78, 5) is 0. The Kier molecular flexibility index (Phi) is 23.8. The van der Waals surface area contributed by atoms with Gasteiger partial charge < -0.3 is 10.2 Å². The molecule has 0 aromatic heterocycles. The summed E-state index contributed by atoms with van der Waals surface area (Å²) in [6, 6.07) is 0. The molecule has 1 fully saturated rings. The second-order valence-electron chi connectivity index (χ2n) is 12.4. The maximum absolute atomic E-state index is 9.05.